The summed E-state index contributed by atoms with van der Waals surface area (Å²) in [5.41, 5.74) is 1.05. The number of fused-ring (bicyclic) bond motifs is 1. The number of halogens is 1. The lowest BCUT2D eigenvalue weighted by Gasteiger charge is -2.18. The van der Waals surface area contributed by atoms with Crippen LogP contribution in [-0.4, -0.2) is 14.8 Å². The molecular formula is C14H16FN3. The van der Waals surface area contributed by atoms with Crippen molar-refractivity contribution in [3.8, 4) is 0 Å². The van der Waals surface area contributed by atoms with E-state index in [0.717, 1.165) is 23.6 Å². The average Bonchev–Trinajstić information content (AvgIpc) is 2.76. The molecule has 0 spiro atoms. The molecule has 1 unspecified atom stereocenters. The highest BCUT2D eigenvalue weighted by molar-refractivity contribution is 5.20. The van der Waals surface area contributed by atoms with Crippen LogP contribution in [0.4, 0.5) is 4.39 Å². The van der Waals surface area contributed by atoms with E-state index in [1.54, 1.807) is 12.1 Å². The minimum Gasteiger partial charge on any atom is -0.247 e. The molecule has 0 radical (unpaired) electrons. The number of benzene rings is 1. The maximum absolute atomic E-state index is 12.8. The number of rotatable bonds is 2. The van der Waals surface area contributed by atoms with Crippen LogP contribution < -0.4 is 0 Å². The van der Waals surface area contributed by atoms with Crippen LogP contribution in [0.25, 0.3) is 0 Å². The molecule has 0 saturated heterocycles. The van der Waals surface area contributed by atoms with Gasteiger partial charge in [-0.25, -0.2) is 14.1 Å². The lowest BCUT2D eigenvalue weighted by atomic mass is 10.1. The number of hydrogen-bond acceptors (Lipinski definition) is 2. The summed E-state index contributed by atoms with van der Waals surface area (Å²) in [6, 6.07) is 6.99. The van der Waals surface area contributed by atoms with Crippen LogP contribution in [0.15, 0.2) is 24.3 Å². The van der Waals surface area contributed by atoms with E-state index in [9.17, 15) is 4.39 Å². The van der Waals surface area contributed by atoms with Gasteiger partial charge in [-0.15, -0.1) is 0 Å². The van der Waals surface area contributed by atoms with Gasteiger partial charge in [0.15, 0.2) is 5.82 Å². The Morgan fingerprint density at radius 2 is 2.11 bits per heavy atom. The summed E-state index contributed by atoms with van der Waals surface area (Å²) in [6.45, 7) is 2.18. The first kappa shape index (κ1) is 11.4. The highest BCUT2D eigenvalue weighted by Gasteiger charge is 2.19. The van der Waals surface area contributed by atoms with E-state index in [0.29, 0.717) is 12.5 Å². The van der Waals surface area contributed by atoms with Gasteiger partial charge in [-0.05, 0) is 37.5 Å². The Hall–Kier alpha value is -1.71. The van der Waals surface area contributed by atoms with Gasteiger partial charge in [-0.2, -0.15) is 5.10 Å². The second kappa shape index (κ2) is 4.52. The van der Waals surface area contributed by atoms with E-state index in [2.05, 4.69) is 17.0 Å². The Balaban J connectivity index is 1.83. The van der Waals surface area contributed by atoms with E-state index >= 15 is 0 Å². The van der Waals surface area contributed by atoms with Gasteiger partial charge in [0.05, 0.1) is 6.04 Å². The molecule has 18 heavy (non-hydrogen) atoms. The standard InChI is InChI=1S/C14H16FN3/c1-10-3-2-4-14-16-13(17-18(10)14)9-11-5-7-12(15)8-6-11/h5-8,10H,2-4,9H2,1H3. The maximum atomic E-state index is 12.8. The van der Waals surface area contributed by atoms with Crippen LogP contribution in [0.1, 0.15) is 43.0 Å². The fourth-order valence-corrected chi connectivity index (χ4v) is 2.47. The van der Waals surface area contributed by atoms with Crippen molar-refractivity contribution in [2.75, 3.05) is 0 Å². The van der Waals surface area contributed by atoms with Gasteiger partial charge >= 0.3 is 0 Å². The van der Waals surface area contributed by atoms with Gasteiger partial charge in [-0.1, -0.05) is 12.1 Å². The quantitative estimate of drug-likeness (QED) is 0.814. The molecule has 0 fully saturated rings. The van der Waals surface area contributed by atoms with Gasteiger partial charge in [0.25, 0.3) is 0 Å². The van der Waals surface area contributed by atoms with Crippen LogP contribution in [0, 0.1) is 5.82 Å². The van der Waals surface area contributed by atoms with Gasteiger partial charge in [0.1, 0.15) is 11.6 Å². The molecule has 4 heteroatoms. The molecule has 2 aromatic rings. The Morgan fingerprint density at radius 3 is 2.83 bits per heavy atom. The summed E-state index contributed by atoms with van der Waals surface area (Å²) >= 11 is 0. The van der Waals surface area contributed by atoms with Gasteiger partial charge < -0.3 is 0 Å². The molecule has 2 heterocycles. The molecule has 0 N–H and O–H groups in total. The van der Waals surface area contributed by atoms with Crippen molar-refractivity contribution in [2.24, 2.45) is 0 Å². The smallest absolute Gasteiger partial charge is 0.155 e. The second-order valence-corrected chi connectivity index (χ2v) is 4.93. The number of aryl methyl sites for hydroxylation is 1. The van der Waals surface area contributed by atoms with E-state index in [1.807, 2.05) is 4.68 Å². The molecule has 1 aromatic heterocycles. The first-order valence-corrected chi connectivity index (χ1v) is 6.41. The number of hydrogen-bond donors (Lipinski definition) is 0. The highest BCUT2D eigenvalue weighted by atomic mass is 19.1. The van der Waals surface area contributed by atoms with Crippen LogP contribution >= 0.6 is 0 Å². The summed E-state index contributed by atoms with van der Waals surface area (Å²) in [5, 5.41) is 4.56. The summed E-state index contributed by atoms with van der Waals surface area (Å²) in [6.07, 6.45) is 4.05. The fraction of sp³-hybridized carbons (Fsp3) is 0.429. The Bertz CT molecular complexity index is 545. The SMILES string of the molecule is CC1CCCc2nc(Cc3ccc(F)cc3)nn21. The molecule has 0 bridgehead atoms. The predicted molar refractivity (Wildman–Crippen MR) is 66.9 cm³/mol. The highest BCUT2D eigenvalue weighted by Crippen LogP contribution is 2.22. The molecule has 0 aliphatic carbocycles. The maximum Gasteiger partial charge on any atom is 0.155 e. The molecule has 1 atom stereocenters. The average molecular weight is 245 g/mol. The first-order valence-electron chi connectivity index (χ1n) is 6.41. The molecule has 0 saturated carbocycles. The van der Waals surface area contributed by atoms with Crippen LogP contribution in [0.2, 0.25) is 0 Å². The van der Waals surface area contributed by atoms with Crippen LogP contribution in [0.3, 0.4) is 0 Å². The van der Waals surface area contributed by atoms with Crippen molar-refractivity contribution in [1.82, 2.24) is 14.8 Å². The number of nitrogens with zero attached hydrogens (tertiary/aromatic N) is 3. The third-order valence-electron chi connectivity index (χ3n) is 3.46. The molecule has 0 amide bonds. The van der Waals surface area contributed by atoms with Gasteiger partial charge in [0.2, 0.25) is 0 Å². The van der Waals surface area contributed by atoms with Crippen molar-refractivity contribution >= 4 is 0 Å². The van der Waals surface area contributed by atoms with Crippen molar-refractivity contribution in [3.63, 3.8) is 0 Å². The second-order valence-electron chi connectivity index (χ2n) is 4.93. The molecule has 1 aliphatic heterocycles. The van der Waals surface area contributed by atoms with Crippen molar-refractivity contribution in [1.29, 1.82) is 0 Å². The summed E-state index contributed by atoms with van der Waals surface area (Å²) in [4.78, 5) is 4.58. The Morgan fingerprint density at radius 1 is 1.33 bits per heavy atom. The van der Waals surface area contributed by atoms with E-state index in [1.165, 1.54) is 25.0 Å². The third kappa shape index (κ3) is 2.15. The zero-order chi connectivity index (χ0) is 12.5. The lowest BCUT2D eigenvalue weighted by molar-refractivity contribution is 0.387. The van der Waals surface area contributed by atoms with Crippen LogP contribution in [0.5, 0.6) is 0 Å². The molecule has 1 aromatic carbocycles. The summed E-state index contributed by atoms with van der Waals surface area (Å²) < 4.78 is 14.9. The largest absolute Gasteiger partial charge is 0.247 e. The van der Waals surface area contributed by atoms with E-state index in [-0.39, 0.29) is 5.82 Å². The molecule has 94 valence electrons. The molecular weight excluding hydrogens is 229 g/mol. The predicted octanol–water partition coefficient (Wildman–Crippen LogP) is 2.91. The minimum absolute atomic E-state index is 0.204. The van der Waals surface area contributed by atoms with E-state index in [4.69, 9.17) is 0 Å². The third-order valence-corrected chi connectivity index (χ3v) is 3.46. The van der Waals surface area contributed by atoms with Crippen LogP contribution in [-0.2, 0) is 12.8 Å². The normalized spacial score (nSPS) is 18.7. The summed E-state index contributed by atoms with van der Waals surface area (Å²) in [5.74, 6) is 1.72. The molecule has 3 nitrogen and oxygen atoms in total. The van der Waals surface area contributed by atoms with Gasteiger partial charge in [-0.3, -0.25) is 0 Å². The minimum atomic E-state index is -0.204. The first-order chi connectivity index (χ1) is 8.72. The lowest BCUT2D eigenvalue weighted by Crippen LogP contribution is -2.16. The monoisotopic (exact) mass is 245 g/mol. The Labute approximate surface area is 106 Å². The molecule has 3 rings (SSSR count). The van der Waals surface area contributed by atoms with Crippen molar-refractivity contribution in [3.05, 3.63) is 47.3 Å². The van der Waals surface area contributed by atoms with Crippen molar-refractivity contribution in [2.45, 2.75) is 38.6 Å². The van der Waals surface area contributed by atoms with E-state index < -0.39 is 0 Å². The summed E-state index contributed by atoms with van der Waals surface area (Å²) in [7, 11) is 0. The molecule has 1 aliphatic rings. The zero-order valence-electron chi connectivity index (χ0n) is 10.4. The number of aromatic nitrogens is 3. The zero-order valence-corrected chi connectivity index (χ0v) is 10.4. The van der Waals surface area contributed by atoms with Crippen molar-refractivity contribution < 1.29 is 4.39 Å². The topological polar surface area (TPSA) is 30.7 Å². The Kier molecular flexibility index (Phi) is 2.86. The fourth-order valence-electron chi connectivity index (χ4n) is 2.47. The van der Waals surface area contributed by atoms with Gasteiger partial charge in [0, 0.05) is 12.8 Å².